The molecule has 22 heavy (non-hydrogen) atoms. The molecule has 0 fully saturated rings. The van der Waals surface area contributed by atoms with Gasteiger partial charge in [-0.2, -0.15) is 5.10 Å². The molecule has 2 heterocycles. The van der Waals surface area contributed by atoms with Gasteiger partial charge in [-0.3, -0.25) is 14.8 Å². The number of anilines is 1. The number of amides is 1. The summed E-state index contributed by atoms with van der Waals surface area (Å²) in [5.74, 6) is 0.245. The van der Waals surface area contributed by atoms with Crippen molar-refractivity contribution in [1.29, 1.82) is 0 Å². The molecule has 1 unspecified atom stereocenters. The quantitative estimate of drug-likeness (QED) is 0.805. The van der Waals surface area contributed by atoms with Crippen LogP contribution in [0.4, 0.5) is 5.13 Å². The first-order valence-corrected chi connectivity index (χ1v) is 8.66. The lowest BCUT2D eigenvalue weighted by Gasteiger charge is -2.09. The van der Waals surface area contributed by atoms with Crippen molar-refractivity contribution >= 4 is 22.4 Å². The zero-order chi connectivity index (χ0) is 15.9. The van der Waals surface area contributed by atoms with E-state index in [1.54, 1.807) is 17.1 Å². The molecule has 1 atom stereocenters. The molecule has 0 saturated heterocycles. The number of nitrogens with zero attached hydrogens (tertiary/aromatic N) is 4. The molecule has 0 aromatic carbocycles. The monoisotopic (exact) mass is 321 g/mol. The van der Waals surface area contributed by atoms with Crippen LogP contribution < -0.4 is 5.32 Å². The summed E-state index contributed by atoms with van der Waals surface area (Å²) in [6.45, 7) is 7.08. The number of aryl methyl sites for hydroxylation is 1. The van der Waals surface area contributed by atoms with Crippen molar-refractivity contribution in [2.45, 2.75) is 58.9 Å². The molecule has 2 aromatic rings. The maximum absolute atomic E-state index is 12.1. The summed E-state index contributed by atoms with van der Waals surface area (Å²) in [5.41, 5.74) is 0.539. The van der Waals surface area contributed by atoms with Gasteiger partial charge in [0, 0.05) is 18.7 Å². The normalized spacial score (nSPS) is 12.3. The molecule has 1 N–H and O–H groups in total. The Morgan fingerprint density at radius 3 is 2.82 bits per heavy atom. The maximum atomic E-state index is 12.1. The van der Waals surface area contributed by atoms with E-state index in [9.17, 15) is 4.79 Å². The predicted octanol–water partition coefficient (Wildman–Crippen LogP) is 3.69. The second-order valence-electron chi connectivity index (χ2n) is 5.23. The van der Waals surface area contributed by atoms with Crippen molar-refractivity contribution in [3.8, 4) is 0 Å². The highest BCUT2D eigenvalue weighted by atomic mass is 32.1. The van der Waals surface area contributed by atoms with Gasteiger partial charge in [0.15, 0.2) is 0 Å². The minimum absolute atomic E-state index is 0.191. The number of hydrogen-bond donors (Lipinski definition) is 1. The van der Waals surface area contributed by atoms with Crippen LogP contribution in [0.3, 0.4) is 0 Å². The van der Waals surface area contributed by atoms with E-state index in [-0.39, 0.29) is 5.91 Å². The minimum atomic E-state index is -0.191. The minimum Gasteiger partial charge on any atom is -0.296 e. The molecule has 1 amide bonds. The van der Waals surface area contributed by atoms with Gasteiger partial charge < -0.3 is 0 Å². The Kier molecular flexibility index (Phi) is 6.06. The number of aromatic nitrogens is 4. The molecular weight excluding hydrogens is 298 g/mol. The topological polar surface area (TPSA) is 72.7 Å². The lowest BCUT2D eigenvalue weighted by atomic mass is 10.0. The number of hydrogen-bond acceptors (Lipinski definition) is 5. The largest absolute Gasteiger partial charge is 0.296 e. The van der Waals surface area contributed by atoms with Crippen LogP contribution in [0, 0.1) is 0 Å². The first kappa shape index (κ1) is 16.6. The average Bonchev–Trinajstić information content (AvgIpc) is 3.17. The van der Waals surface area contributed by atoms with Gasteiger partial charge in [0.25, 0.3) is 5.91 Å². The molecule has 7 heteroatoms. The molecule has 0 aliphatic rings. The molecule has 2 aromatic heterocycles. The van der Waals surface area contributed by atoms with Crippen LogP contribution in [-0.2, 0) is 6.54 Å². The Morgan fingerprint density at radius 1 is 1.36 bits per heavy atom. The van der Waals surface area contributed by atoms with E-state index in [0.29, 0.717) is 16.6 Å². The van der Waals surface area contributed by atoms with Gasteiger partial charge in [0.05, 0.1) is 11.8 Å². The Labute approximate surface area is 135 Å². The SMILES string of the molecule is CCCCC(CC)c1nnc(NC(=O)c2cnn(CC)c2)s1. The highest BCUT2D eigenvalue weighted by molar-refractivity contribution is 7.15. The molecule has 0 aliphatic carbocycles. The smallest absolute Gasteiger partial charge is 0.260 e. The van der Waals surface area contributed by atoms with Gasteiger partial charge in [-0.1, -0.05) is 38.0 Å². The molecule has 0 radical (unpaired) electrons. The molecule has 6 nitrogen and oxygen atoms in total. The lowest BCUT2D eigenvalue weighted by molar-refractivity contribution is 0.102. The molecule has 0 bridgehead atoms. The molecule has 2 rings (SSSR count). The first-order chi connectivity index (χ1) is 10.7. The van der Waals surface area contributed by atoms with Crippen LogP contribution >= 0.6 is 11.3 Å². The summed E-state index contributed by atoms with van der Waals surface area (Å²) in [5, 5.41) is 16.8. The zero-order valence-corrected chi connectivity index (χ0v) is 14.2. The summed E-state index contributed by atoms with van der Waals surface area (Å²) in [7, 11) is 0. The van der Waals surface area contributed by atoms with Crippen LogP contribution in [0.5, 0.6) is 0 Å². The fourth-order valence-corrected chi connectivity index (χ4v) is 3.18. The highest BCUT2D eigenvalue weighted by Crippen LogP contribution is 2.29. The van der Waals surface area contributed by atoms with Crippen molar-refractivity contribution < 1.29 is 4.79 Å². The van der Waals surface area contributed by atoms with Crippen molar-refractivity contribution in [3.63, 3.8) is 0 Å². The van der Waals surface area contributed by atoms with Crippen molar-refractivity contribution in [2.24, 2.45) is 0 Å². The summed E-state index contributed by atoms with van der Waals surface area (Å²) in [6, 6.07) is 0. The van der Waals surface area contributed by atoms with Crippen LogP contribution in [0.25, 0.3) is 0 Å². The average molecular weight is 321 g/mol. The number of unbranched alkanes of at least 4 members (excludes halogenated alkanes) is 1. The van der Waals surface area contributed by atoms with Crippen molar-refractivity contribution in [3.05, 3.63) is 23.0 Å². The maximum Gasteiger partial charge on any atom is 0.260 e. The van der Waals surface area contributed by atoms with Crippen molar-refractivity contribution in [1.82, 2.24) is 20.0 Å². The molecular formula is C15H23N5OS. The van der Waals surface area contributed by atoms with Gasteiger partial charge in [-0.15, -0.1) is 10.2 Å². The summed E-state index contributed by atoms with van der Waals surface area (Å²) >= 11 is 1.47. The van der Waals surface area contributed by atoms with E-state index in [2.05, 4.69) is 34.5 Å². The fraction of sp³-hybridized carbons (Fsp3) is 0.600. The summed E-state index contributed by atoms with van der Waals surface area (Å²) in [4.78, 5) is 12.1. The van der Waals surface area contributed by atoms with Crippen molar-refractivity contribution in [2.75, 3.05) is 5.32 Å². The first-order valence-electron chi connectivity index (χ1n) is 7.85. The fourth-order valence-electron chi connectivity index (χ4n) is 2.23. The third-order valence-electron chi connectivity index (χ3n) is 3.63. The van der Waals surface area contributed by atoms with Crippen LogP contribution in [-0.4, -0.2) is 25.9 Å². The molecule has 120 valence electrons. The molecule has 0 saturated carbocycles. The Morgan fingerprint density at radius 2 is 2.18 bits per heavy atom. The summed E-state index contributed by atoms with van der Waals surface area (Å²) < 4.78 is 1.72. The van der Waals surface area contributed by atoms with E-state index in [0.717, 1.165) is 24.4 Å². The third kappa shape index (κ3) is 4.13. The van der Waals surface area contributed by atoms with Gasteiger partial charge in [-0.05, 0) is 19.8 Å². The van der Waals surface area contributed by atoms with E-state index >= 15 is 0 Å². The van der Waals surface area contributed by atoms with Gasteiger partial charge in [0.1, 0.15) is 5.01 Å². The highest BCUT2D eigenvalue weighted by Gasteiger charge is 2.16. The van der Waals surface area contributed by atoms with Crippen LogP contribution in [0.1, 0.15) is 67.7 Å². The van der Waals surface area contributed by atoms with E-state index < -0.39 is 0 Å². The second-order valence-corrected chi connectivity index (χ2v) is 6.24. The lowest BCUT2D eigenvalue weighted by Crippen LogP contribution is -2.10. The Hall–Kier alpha value is -1.76. The second kappa shape index (κ2) is 8.03. The number of carbonyl (C=O) groups excluding carboxylic acids is 1. The zero-order valence-electron chi connectivity index (χ0n) is 13.4. The van der Waals surface area contributed by atoms with E-state index in [1.807, 2.05) is 6.92 Å². The standard InChI is InChI=1S/C15H23N5OS/c1-4-7-8-11(5-2)14-18-19-15(22-14)17-13(21)12-9-16-20(6-3)10-12/h9-11H,4-8H2,1-3H3,(H,17,19,21). The molecule has 0 spiro atoms. The van der Waals surface area contributed by atoms with E-state index in [1.165, 1.54) is 24.2 Å². The number of carbonyl (C=O) groups is 1. The van der Waals surface area contributed by atoms with Crippen LogP contribution in [0.15, 0.2) is 12.4 Å². The Balaban J connectivity index is 2.00. The van der Waals surface area contributed by atoms with Gasteiger partial charge in [-0.25, -0.2) is 0 Å². The predicted molar refractivity (Wildman–Crippen MR) is 88.3 cm³/mol. The van der Waals surface area contributed by atoms with Gasteiger partial charge in [0.2, 0.25) is 5.13 Å². The Bertz CT molecular complexity index is 607. The van der Waals surface area contributed by atoms with Crippen LogP contribution in [0.2, 0.25) is 0 Å². The van der Waals surface area contributed by atoms with E-state index in [4.69, 9.17) is 0 Å². The summed E-state index contributed by atoms with van der Waals surface area (Å²) in [6.07, 6.45) is 7.84. The molecule has 0 aliphatic heterocycles. The third-order valence-corrected chi connectivity index (χ3v) is 4.63. The number of nitrogens with one attached hydrogen (secondary N) is 1. The number of rotatable bonds is 8. The van der Waals surface area contributed by atoms with Gasteiger partial charge >= 0.3 is 0 Å².